The van der Waals surface area contributed by atoms with Crippen LogP contribution in [0.15, 0.2) is 73.1 Å². The third kappa shape index (κ3) is 3.29. The first-order valence-corrected chi connectivity index (χ1v) is 7.08. The van der Waals surface area contributed by atoms with Crippen molar-refractivity contribution in [1.82, 2.24) is 4.57 Å². The SMILES string of the molecule is O=C(Nc1cc(F)ccc1F)[C@@H](c1ccccc1)n1cccc1. The predicted molar refractivity (Wildman–Crippen MR) is 84.0 cm³/mol. The number of halogens is 2. The topological polar surface area (TPSA) is 34.0 Å². The van der Waals surface area contributed by atoms with E-state index in [0.29, 0.717) is 0 Å². The first-order chi connectivity index (χ1) is 11.1. The molecule has 1 aromatic heterocycles. The molecule has 3 nitrogen and oxygen atoms in total. The zero-order valence-corrected chi connectivity index (χ0v) is 12.1. The maximum atomic E-state index is 13.8. The van der Waals surface area contributed by atoms with Crippen molar-refractivity contribution in [3.8, 4) is 0 Å². The predicted octanol–water partition coefficient (Wildman–Crippen LogP) is 3.99. The minimum absolute atomic E-state index is 0.178. The second kappa shape index (κ2) is 6.44. The van der Waals surface area contributed by atoms with Crippen LogP contribution >= 0.6 is 0 Å². The number of hydrogen-bond donors (Lipinski definition) is 1. The van der Waals surface area contributed by atoms with E-state index < -0.39 is 23.6 Å². The van der Waals surface area contributed by atoms with Gasteiger partial charge in [0.1, 0.15) is 17.7 Å². The molecule has 23 heavy (non-hydrogen) atoms. The summed E-state index contributed by atoms with van der Waals surface area (Å²) in [6.07, 6.45) is 3.50. The van der Waals surface area contributed by atoms with Crippen molar-refractivity contribution < 1.29 is 13.6 Å². The van der Waals surface area contributed by atoms with Crippen molar-refractivity contribution in [2.24, 2.45) is 0 Å². The van der Waals surface area contributed by atoms with Gasteiger partial charge in [0.2, 0.25) is 0 Å². The standard InChI is InChI=1S/C18H14F2N2O/c19-14-8-9-15(20)16(12-14)21-18(23)17(22-10-4-5-11-22)13-6-2-1-3-7-13/h1-12,17H,(H,21,23)/t17-/m1/s1. The van der Waals surface area contributed by atoms with Crippen LogP contribution in [0.1, 0.15) is 11.6 Å². The smallest absolute Gasteiger partial charge is 0.252 e. The van der Waals surface area contributed by atoms with Crippen LogP contribution in [0.4, 0.5) is 14.5 Å². The maximum absolute atomic E-state index is 13.8. The number of hydrogen-bond acceptors (Lipinski definition) is 1. The Morgan fingerprint density at radius 1 is 0.957 bits per heavy atom. The van der Waals surface area contributed by atoms with Crippen LogP contribution in [0.5, 0.6) is 0 Å². The molecule has 0 unspecified atom stereocenters. The van der Waals surface area contributed by atoms with Crippen LogP contribution in [0.3, 0.4) is 0 Å². The summed E-state index contributed by atoms with van der Waals surface area (Å²) in [4.78, 5) is 12.7. The number of benzene rings is 2. The van der Waals surface area contributed by atoms with Gasteiger partial charge in [0.15, 0.2) is 0 Å². The highest BCUT2D eigenvalue weighted by atomic mass is 19.1. The van der Waals surface area contributed by atoms with Crippen LogP contribution in [0.25, 0.3) is 0 Å². The average molecular weight is 312 g/mol. The number of rotatable bonds is 4. The molecule has 1 N–H and O–H groups in total. The van der Waals surface area contributed by atoms with Gasteiger partial charge < -0.3 is 9.88 Å². The lowest BCUT2D eigenvalue weighted by Gasteiger charge is -2.19. The number of anilines is 1. The van der Waals surface area contributed by atoms with Gasteiger partial charge in [-0.05, 0) is 29.8 Å². The average Bonchev–Trinajstić information content (AvgIpc) is 3.06. The first kappa shape index (κ1) is 15.0. The maximum Gasteiger partial charge on any atom is 0.252 e. The van der Waals surface area contributed by atoms with Crippen molar-refractivity contribution in [3.05, 3.63) is 90.3 Å². The summed E-state index contributed by atoms with van der Waals surface area (Å²) in [5.74, 6) is -1.74. The molecule has 5 heteroatoms. The molecule has 2 aromatic carbocycles. The minimum Gasteiger partial charge on any atom is -0.338 e. The molecule has 3 rings (SSSR count). The summed E-state index contributed by atoms with van der Waals surface area (Å²) >= 11 is 0. The summed E-state index contributed by atoms with van der Waals surface area (Å²) in [7, 11) is 0. The molecule has 1 amide bonds. The highest BCUT2D eigenvalue weighted by Crippen LogP contribution is 2.22. The molecule has 0 aliphatic heterocycles. The summed E-state index contributed by atoms with van der Waals surface area (Å²) in [5.41, 5.74) is 0.570. The molecule has 1 heterocycles. The van der Waals surface area contributed by atoms with E-state index >= 15 is 0 Å². The Hall–Kier alpha value is -2.95. The van der Waals surface area contributed by atoms with Gasteiger partial charge in [0, 0.05) is 18.5 Å². The van der Waals surface area contributed by atoms with Gasteiger partial charge >= 0.3 is 0 Å². The fourth-order valence-electron chi connectivity index (χ4n) is 2.41. The van der Waals surface area contributed by atoms with Crippen molar-refractivity contribution in [3.63, 3.8) is 0 Å². The van der Waals surface area contributed by atoms with E-state index in [2.05, 4.69) is 5.32 Å². The molecule has 3 aromatic rings. The lowest BCUT2D eigenvalue weighted by molar-refractivity contribution is -0.118. The molecule has 0 aliphatic carbocycles. The number of carbonyl (C=O) groups excluding carboxylic acids is 1. The monoisotopic (exact) mass is 312 g/mol. The van der Waals surface area contributed by atoms with Crippen molar-refractivity contribution in [2.75, 3.05) is 5.32 Å². The van der Waals surface area contributed by atoms with E-state index in [1.165, 1.54) is 0 Å². The Bertz CT molecular complexity index is 801. The lowest BCUT2D eigenvalue weighted by Crippen LogP contribution is -2.26. The van der Waals surface area contributed by atoms with E-state index in [-0.39, 0.29) is 5.69 Å². The lowest BCUT2D eigenvalue weighted by atomic mass is 10.1. The highest BCUT2D eigenvalue weighted by molar-refractivity contribution is 5.95. The fraction of sp³-hybridized carbons (Fsp3) is 0.0556. The molecule has 0 spiro atoms. The van der Waals surface area contributed by atoms with Gasteiger partial charge in [-0.3, -0.25) is 4.79 Å². The van der Waals surface area contributed by atoms with Crippen LogP contribution in [0, 0.1) is 11.6 Å². The minimum atomic E-state index is -0.681. The number of amides is 1. The second-order valence-corrected chi connectivity index (χ2v) is 5.06. The Balaban J connectivity index is 1.94. The summed E-state index contributed by atoms with van der Waals surface area (Å²) in [6, 6.07) is 15.0. The third-order valence-electron chi connectivity index (χ3n) is 3.48. The van der Waals surface area contributed by atoms with Gasteiger partial charge in [-0.15, -0.1) is 0 Å². The highest BCUT2D eigenvalue weighted by Gasteiger charge is 2.22. The normalized spacial score (nSPS) is 11.9. The van der Waals surface area contributed by atoms with Crippen LogP contribution < -0.4 is 5.32 Å². The number of aromatic nitrogens is 1. The number of nitrogens with one attached hydrogen (secondary N) is 1. The molecular weight excluding hydrogens is 298 g/mol. The Labute approximate surface area is 132 Å². The van der Waals surface area contributed by atoms with Crippen LogP contribution in [0.2, 0.25) is 0 Å². The zero-order chi connectivity index (χ0) is 16.2. The molecular formula is C18H14F2N2O. The van der Waals surface area contributed by atoms with Crippen LogP contribution in [-0.2, 0) is 4.79 Å². The van der Waals surface area contributed by atoms with Gasteiger partial charge in [-0.1, -0.05) is 30.3 Å². The number of carbonyl (C=O) groups is 1. The van der Waals surface area contributed by atoms with E-state index in [4.69, 9.17) is 0 Å². The largest absolute Gasteiger partial charge is 0.338 e. The Kier molecular flexibility index (Phi) is 4.19. The van der Waals surface area contributed by atoms with E-state index in [9.17, 15) is 13.6 Å². The molecule has 0 radical (unpaired) electrons. The molecule has 0 aliphatic rings. The molecule has 0 fully saturated rings. The molecule has 0 saturated carbocycles. The van der Waals surface area contributed by atoms with E-state index in [1.807, 2.05) is 30.3 Å². The van der Waals surface area contributed by atoms with Crippen molar-refractivity contribution in [2.45, 2.75) is 6.04 Å². The van der Waals surface area contributed by atoms with Gasteiger partial charge in [0.05, 0.1) is 5.69 Å². The third-order valence-corrected chi connectivity index (χ3v) is 3.48. The van der Waals surface area contributed by atoms with E-state index in [1.54, 1.807) is 29.1 Å². The summed E-state index contributed by atoms with van der Waals surface area (Å²) in [6.45, 7) is 0. The van der Waals surface area contributed by atoms with Crippen molar-refractivity contribution >= 4 is 11.6 Å². The molecule has 116 valence electrons. The number of nitrogens with zero attached hydrogens (tertiary/aromatic N) is 1. The van der Waals surface area contributed by atoms with Gasteiger partial charge in [-0.2, -0.15) is 0 Å². The fourth-order valence-corrected chi connectivity index (χ4v) is 2.41. The quantitative estimate of drug-likeness (QED) is 0.776. The zero-order valence-electron chi connectivity index (χ0n) is 12.1. The Morgan fingerprint density at radius 3 is 2.35 bits per heavy atom. The summed E-state index contributed by atoms with van der Waals surface area (Å²) < 4.78 is 28.7. The van der Waals surface area contributed by atoms with Crippen molar-refractivity contribution in [1.29, 1.82) is 0 Å². The summed E-state index contributed by atoms with van der Waals surface area (Å²) in [5, 5.41) is 2.46. The molecule has 0 bridgehead atoms. The van der Waals surface area contributed by atoms with E-state index in [0.717, 1.165) is 23.8 Å². The first-order valence-electron chi connectivity index (χ1n) is 7.08. The molecule has 1 atom stereocenters. The molecule has 0 saturated heterocycles. The Morgan fingerprint density at radius 2 is 1.65 bits per heavy atom. The second-order valence-electron chi connectivity index (χ2n) is 5.06. The van der Waals surface area contributed by atoms with Crippen LogP contribution in [-0.4, -0.2) is 10.5 Å². The van der Waals surface area contributed by atoms with Gasteiger partial charge in [0.25, 0.3) is 5.91 Å². The van der Waals surface area contributed by atoms with Gasteiger partial charge in [-0.25, -0.2) is 8.78 Å².